The highest BCUT2D eigenvalue weighted by Crippen LogP contribution is 2.42. The van der Waals surface area contributed by atoms with Crippen molar-refractivity contribution in [1.29, 1.82) is 0 Å². The third kappa shape index (κ3) is 3.67. The quantitative estimate of drug-likeness (QED) is 0.461. The molecule has 29 heavy (non-hydrogen) atoms. The Morgan fingerprint density at radius 1 is 0.931 bits per heavy atom. The van der Waals surface area contributed by atoms with Crippen molar-refractivity contribution in [2.45, 2.75) is 62.5 Å². The molecule has 1 saturated carbocycles. The number of carbonyl (C=O) groups excluding carboxylic acids is 1. The van der Waals surface area contributed by atoms with Crippen molar-refractivity contribution in [3.8, 4) is 5.75 Å². The average Bonchev–Trinajstić information content (AvgIpc) is 2.65. The van der Waals surface area contributed by atoms with Crippen LogP contribution in [0.15, 0.2) is 30.3 Å². The van der Waals surface area contributed by atoms with Gasteiger partial charge in [-0.25, -0.2) is 0 Å². The molecule has 1 aromatic rings. The lowest BCUT2D eigenvalue weighted by molar-refractivity contribution is -0.217. The molecule has 8 heteroatoms. The van der Waals surface area contributed by atoms with Crippen LogP contribution in [0.5, 0.6) is 5.75 Å². The standard InChI is InChI=1S/C21H26O8/c1-9-20(26)14(25)8-16(28-9)18-13(24)7-17-19(21(18)27)12(23)6-15(29-17)10-2-4-11(22)5-3-10/h2-6,9,13-14,16-22,24-27H,7-8H2,1H3. The number of rotatable bonds is 2. The molecule has 1 aromatic carbocycles. The molecule has 9 unspecified atom stereocenters. The van der Waals surface area contributed by atoms with E-state index >= 15 is 0 Å². The van der Waals surface area contributed by atoms with E-state index < -0.39 is 54.6 Å². The van der Waals surface area contributed by atoms with Crippen molar-refractivity contribution in [1.82, 2.24) is 0 Å². The second-order valence-corrected chi connectivity index (χ2v) is 8.18. The smallest absolute Gasteiger partial charge is 0.168 e. The molecule has 1 aliphatic carbocycles. The highest BCUT2D eigenvalue weighted by molar-refractivity contribution is 5.99. The van der Waals surface area contributed by atoms with Crippen LogP contribution in [0.1, 0.15) is 25.3 Å². The lowest BCUT2D eigenvalue weighted by Gasteiger charge is -2.48. The monoisotopic (exact) mass is 406 g/mol. The van der Waals surface area contributed by atoms with Crippen molar-refractivity contribution in [2.24, 2.45) is 11.8 Å². The number of aliphatic hydroxyl groups is 4. The van der Waals surface area contributed by atoms with Gasteiger partial charge in [-0.3, -0.25) is 4.79 Å². The number of aromatic hydroxyl groups is 1. The molecule has 2 fully saturated rings. The zero-order chi connectivity index (χ0) is 20.9. The maximum Gasteiger partial charge on any atom is 0.168 e. The largest absolute Gasteiger partial charge is 0.508 e. The molecule has 0 radical (unpaired) electrons. The highest BCUT2D eigenvalue weighted by Gasteiger charge is 2.53. The molecule has 0 aromatic heterocycles. The van der Waals surface area contributed by atoms with Gasteiger partial charge in [0.1, 0.15) is 23.7 Å². The number of ether oxygens (including phenoxy) is 2. The minimum Gasteiger partial charge on any atom is -0.508 e. The van der Waals surface area contributed by atoms with Crippen LogP contribution >= 0.6 is 0 Å². The Balaban J connectivity index is 1.56. The topological polar surface area (TPSA) is 137 Å². The molecule has 0 amide bonds. The first-order valence-electron chi connectivity index (χ1n) is 9.85. The Kier molecular flexibility index (Phi) is 5.39. The number of hydrogen-bond donors (Lipinski definition) is 5. The maximum atomic E-state index is 12.8. The van der Waals surface area contributed by atoms with Crippen LogP contribution in [-0.2, 0) is 14.3 Å². The summed E-state index contributed by atoms with van der Waals surface area (Å²) in [6, 6.07) is 6.21. The van der Waals surface area contributed by atoms with Crippen LogP contribution in [0.25, 0.3) is 5.76 Å². The minimum atomic E-state index is -1.21. The summed E-state index contributed by atoms with van der Waals surface area (Å²) >= 11 is 0. The van der Waals surface area contributed by atoms with Crippen molar-refractivity contribution in [2.75, 3.05) is 0 Å². The summed E-state index contributed by atoms with van der Waals surface area (Å²) in [5.74, 6) is -1.52. The number of ketones is 1. The number of hydrogen-bond acceptors (Lipinski definition) is 8. The van der Waals surface area contributed by atoms with Crippen molar-refractivity contribution in [3.63, 3.8) is 0 Å². The molecular formula is C21H26O8. The lowest BCUT2D eigenvalue weighted by atomic mass is 9.69. The van der Waals surface area contributed by atoms with Crippen LogP contribution in [-0.4, -0.2) is 74.0 Å². The first kappa shape index (κ1) is 20.3. The number of fused-ring (bicyclic) bond motifs is 1. The number of phenols is 1. The Bertz CT molecular complexity index is 778. The van der Waals surface area contributed by atoms with E-state index in [9.17, 15) is 30.3 Å². The first-order valence-corrected chi connectivity index (χ1v) is 9.85. The van der Waals surface area contributed by atoms with Gasteiger partial charge in [0.2, 0.25) is 0 Å². The Morgan fingerprint density at radius 2 is 1.59 bits per heavy atom. The maximum absolute atomic E-state index is 12.8. The number of carbonyl (C=O) groups is 1. The van der Waals surface area contributed by atoms with E-state index in [4.69, 9.17) is 9.47 Å². The van der Waals surface area contributed by atoms with E-state index in [-0.39, 0.29) is 24.4 Å². The van der Waals surface area contributed by atoms with E-state index in [1.54, 1.807) is 19.1 Å². The summed E-state index contributed by atoms with van der Waals surface area (Å²) in [7, 11) is 0. The van der Waals surface area contributed by atoms with Gasteiger partial charge >= 0.3 is 0 Å². The fraction of sp³-hybridized carbons (Fsp3) is 0.571. The predicted molar refractivity (Wildman–Crippen MR) is 101 cm³/mol. The van der Waals surface area contributed by atoms with Gasteiger partial charge in [-0.15, -0.1) is 0 Å². The van der Waals surface area contributed by atoms with Crippen molar-refractivity contribution >= 4 is 11.5 Å². The average molecular weight is 406 g/mol. The van der Waals surface area contributed by atoms with Crippen LogP contribution in [0.3, 0.4) is 0 Å². The zero-order valence-electron chi connectivity index (χ0n) is 16.0. The molecule has 3 aliphatic rings. The minimum absolute atomic E-state index is 0.0608. The van der Waals surface area contributed by atoms with Gasteiger partial charge in [-0.1, -0.05) is 0 Å². The van der Waals surface area contributed by atoms with Crippen LogP contribution in [0, 0.1) is 11.8 Å². The van der Waals surface area contributed by atoms with Gasteiger partial charge in [0.25, 0.3) is 0 Å². The van der Waals surface area contributed by atoms with Crippen molar-refractivity contribution < 1.29 is 39.8 Å². The fourth-order valence-corrected chi connectivity index (χ4v) is 4.72. The number of allylic oxidation sites excluding steroid dienone is 1. The van der Waals surface area contributed by atoms with Gasteiger partial charge < -0.3 is 35.0 Å². The second-order valence-electron chi connectivity index (χ2n) is 8.18. The van der Waals surface area contributed by atoms with Crippen LogP contribution in [0.4, 0.5) is 0 Å². The lowest BCUT2D eigenvalue weighted by Crippen LogP contribution is -2.60. The normalized spacial score (nSPS) is 42.6. The molecule has 4 rings (SSSR count). The van der Waals surface area contributed by atoms with Crippen LogP contribution in [0.2, 0.25) is 0 Å². The van der Waals surface area contributed by atoms with Gasteiger partial charge in [0, 0.05) is 30.4 Å². The summed E-state index contributed by atoms with van der Waals surface area (Å²) in [5, 5.41) is 51.0. The van der Waals surface area contributed by atoms with E-state index in [1.165, 1.54) is 18.2 Å². The summed E-state index contributed by atoms with van der Waals surface area (Å²) < 4.78 is 11.7. The molecule has 0 spiro atoms. The third-order valence-corrected chi connectivity index (χ3v) is 6.28. The second kappa shape index (κ2) is 7.70. The van der Waals surface area contributed by atoms with Crippen LogP contribution < -0.4 is 0 Å². The predicted octanol–water partition coefficient (Wildman–Crippen LogP) is -0.0419. The summed E-state index contributed by atoms with van der Waals surface area (Å²) in [6.45, 7) is 1.62. The molecule has 1 saturated heterocycles. The molecule has 158 valence electrons. The highest BCUT2D eigenvalue weighted by atomic mass is 16.5. The van der Waals surface area contributed by atoms with Gasteiger partial charge in [-0.2, -0.15) is 0 Å². The first-order chi connectivity index (χ1) is 13.8. The summed E-state index contributed by atoms with van der Waals surface area (Å²) in [4.78, 5) is 12.8. The molecule has 2 aliphatic heterocycles. The Hall–Kier alpha value is -1.97. The molecule has 0 bridgehead atoms. The van der Waals surface area contributed by atoms with Gasteiger partial charge in [0.15, 0.2) is 5.78 Å². The molecule has 2 heterocycles. The van der Waals surface area contributed by atoms with Gasteiger partial charge in [-0.05, 0) is 31.2 Å². The molecule has 9 atom stereocenters. The van der Waals surface area contributed by atoms with Crippen molar-refractivity contribution in [3.05, 3.63) is 35.9 Å². The Morgan fingerprint density at radius 3 is 2.24 bits per heavy atom. The SMILES string of the molecule is CC1OC(C2C(O)CC3OC(c4ccc(O)cc4)=CC(=O)C3C2O)CC(O)C1O. The van der Waals surface area contributed by atoms with E-state index in [1.807, 2.05) is 0 Å². The zero-order valence-corrected chi connectivity index (χ0v) is 16.0. The summed E-state index contributed by atoms with van der Waals surface area (Å²) in [6.07, 6.45) is -4.81. The Labute approximate surface area is 168 Å². The number of phenolic OH excluding ortho intramolecular Hbond substituents is 1. The third-order valence-electron chi connectivity index (χ3n) is 6.28. The van der Waals surface area contributed by atoms with E-state index in [2.05, 4.69) is 0 Å². The van der Waals surface area contributed by atoms with E-state index in [0.29, 0.717) is 11.3 Å². The molecular weight excluding hydrogens is 380 g/mol. The molecule has 5 N–H and O–H groups in total. The van der Waals surface area contributed by atoms with E-state index in [0.717, 1.165) is 0 Å². The number of benzene rings is 1. The molecule has 8 nitrogen and oxygen atoms in total. The fourth-order valence-electron chi connectivity index (χ4n) is 4.72. The number of aliphatic hydroxyl groups excluding tert-OH is 4. The summed E-state index contributed by atoms with van der Waals surface area (Å²) in [5.41, 5.74) is 0.613. The van der Waals surface area contributed by atoms with Gasteiger partial charge in [0.05, 0.1) is 36.4 Å².